The van der Waals surface area contributed by atoms with Gasteiger partial charge in [0.15, 0.2) is 0 Å². The molecule has 7 nitrogen and oxygen atoms in total. The van der Waals surface area contributed by atoms with Gasteiger partial charge in [-0.2, -0.15) is 0 Å². The van der Waals surface area contributed by atoms with Crippen molar-refractivity contribution in [2.45, 2.75) is 26.4 Å². The Labute approximate surface area is 173 Å². The molecule has 2 heterocycles. The topological polar surface area (TPSA) is 93.9 Å². The van der Waals surface area contributed by atoms with Crippen molar-refractivity contribution in [2.24, 2.45) is 0 Å². The largest absolute Gasteiger partial charge is 0.457 e. The molecule has 0 unspecified atom stereocenters. The van der Waals surface area contributed by atoms with Gasteiger partial charge in [0, 0.05) is 23.6 Å². The molecule has 156 valence electrons. The first kappa shape index (κ1) is 20.2. The van der Waals surface area contributed by atoms with Gasteiger partial charge in [-0.3, -0.25) is 4.31 Å². The van der Waals surface area contributed by atoms with Crippen LogP contribution in [0.4, 0.5) is 5.69 Å². The summed E-state index contributed by atoms with van der Waals surface area (Å²) >= 11 is 0. The minimum Gasteiger partial charge on any atom is -0.457 e. The van der Waals surface area contributed by atoms with Gasteiger partial charge in [0.2, 0.25) is 10.0 Å². The van der Waals surface area contributed by atoms with Gasteiger partial charge >= 0.3 is 11.6 Å². The van der Waals surface area contributed by atoms with Gasteiger partial charge in [-0.25, -0.2) is 18.0 Å². The Hall–Kier alpha value is -3.13. The first-order valence-electron chi connectivity index (χ1n) is 9.59. The standard InChI is InChI=1S/C22H21NO6S/c1-3-14-4-6-18-17(12-21(24)29-20(18)10-14)13-28-22(25)16-5-7-19-15(11-16)8-9-23(19)30(2,26)27/h4-7,10-12H,3,8-9,13H2,1-2H3. The summed E-state index contributed by atoms with van der Waals surface area (Å²) < 4.78 is 35.7. The average Bonchev–Trinajstić information content (AvgIpc) is 3.14. The van der Waals surface area contributed by atoms with Crippen LogP contribution >= 0.6 is 0 Å². The van der Waals surface area contributed by atoms with Crippen LogP contribution in [0.15, 0.2) is 51.7 Å². The molecule has 0 saturated carbocycles. The Morgan fingerprint density at radius 1 is 1.17 bits per heavy atom. The Bertz CT molecular complexity index is 1310. The number of anilines is 1. The lowest BCUT2D eigenvalue weighted by atomic mass is 10.1. The van der Waals surface area contributed by atoms with Crippen LogP contribution in [0.1, 0.15) is 34.0 Å². The van der Waals surface area contributed by atoms with Gasteiger partial charge in [0.1, 0.15) is 12.2 Å². The molecule has 0 aliphatic carbocycles. The normalized spacial score (nSPS) is 13.5. The quantitative estimate of drug-likeness (QED) is 0.459. The van der Waals surface area contributed by atoms with Crippen LogP contribution in [-0.4, -0.2) is 27.2 Å². The molecular formula is C22H21NO6S. The molecule has 0 amide bonds. The van der Waals surface area contributed by atoms with Crippen molar-refractivity contribution in [3.8, 4) is 0 Å². The second-order valence-electron chi connectivity index (χ2n) is 7.28. The number of rotatable bonds is 5. The van der Waals surface area contributed by atoms with Crippen LogP contribution in [0.5, 0.6) is 0 Å². The fourth-order valence-electron chi connectivity index (χ4n) is 3.68. The number of hydrogen-bond acceptors (Lipinski definition) is 6. The summed E-state index contributed by atoms with van der Waals surface area (Å²) in [7, 11) is -3.35. The Morgan fingerprint density at radius 3 is 2.70 bits per heavy atom. The number of aryl methyl sites for hydroxylation is 1. The van der Waals surface area contributed by atoms with Crippen LogP contribution in [0.25, 0.3) is 11.0 Å². The molecule has 1 aliphatic heterocycles. The molecule has 8 heteroatoms. The summed E-state index contributed by atoms with van der Waals surface area (Å²) in [6.45, 7) is 2.30. The highest BCUT2D eigenvalue weighted by Crippen LogP contribution is 2.31. The van der Waals surface area contributed by atoms with Gasteiger partial charge in [0.25, 0.3) is 0 Å². The maximum absolute atomic E-state index is 12.6. The Morgan fingerprint density at radius 2 is 1.97 bits per heavy atom. The fraction of sp³-hybridized carbons (Fsp3) is 0.273. The zero-order valence-electron chi connectivity index (χ0n) is 16.7. The van der Waals surface area contributed by atoms with E-state index in [9.17, 15) is 18.0 Å². The van der Waals surface area contributed by atoms with Crippen LogP contribution in [0.3, 0.4) is 0 Å². The number of sulfonamides is 1. The molecule has 0 N–H and O–H groups in total. The molecule has 1 aliphatic rings. The lowest BCUT2D eigenvalue weighted by Gasteiger charge is -2.16. The minimum absolute atomic E-state index is 0.0705. The van der Waals surface area contributed by atoms with E-state index in [2.05, 4.69) is 0 Å². The third kappa shape index (κ3) is 3.82. The maximum Gasteiger partial charge on any atom is 0.338 e. The van der Waals surface area contributed by atoms with E-state index in [0.29, 0.717) is 35.4 Å². The lowest BCUT2D eigenvalue weighted by molar-refractivity contribution is 0.0473. The van der Waals surface area contributed by atoms with E-state index in [-0.39, 0.29) is 6.61 Å². The molecule has 2 aromatic carbocycles. The van der Waals surface area contributed by atoms with Gasteiger partial charge in [-0.05, 0) is 48.2 Å². The zero-order valence-corrected chi connectivity index (χ0v) is 17.5. The zero-order chi connectivity index (χ0) is 21.5. The second-order valence-corrected chi connectivity index (χ2v) is 9.19. The van der Waals surface area contributed by atoms with E-state index >= 15 is 0 Å². The first-order valence-corrected chi connectivity index (χ1v) is 11.4. The van der Waals surface area contributed by atoms with Gasteiger partial charge in [0.05, 0.1) is 17.5 Å². The number of carbonyl (C=O) groups excluding carboxylic acids is 1. The van der Waals surface area contributed by atoms with E-state index in [0.717, 1.165) is 29.2 Å². The Kier molecular flexibility index (Phi) is 5.11. The molecular weight excluding hydrogens is 406 g/mol. The lowest BCUT2D eigenvalue weighted by Crippen LogP contribution is -2.27. The van der Waals surface area contributed by atoms with Crippen molar-refractivity contribution >= 4 is 32.6 Å². The van der Waals surface area contributed by atoms with Gasteiger partial charge in [-0.1, -0.05) is 19.1 Å². The summed E-state index contributed by atoms with van der Waals surface area (Å²) in [5.41, 5.74) is 3.29. The average molecular weight is 427 g/mol. The Balaban J connectivity index is 1.55. The van der Waals surface area contributed by atoms with Crippen molar-refractivity contribution in [1.82, 2.24) is 0 Å². The summed E-state index contributed by atoms with van der Waals surface area (Å²) in [5.74, 6) is -0.540. The van der Waals surface area contributed by atoms with Crippen molar-refractivity contribution < 1.29 is 22.4 Å². The number of hydrogen-bond donors (Lipinski definition) is 0. The van der Waals surface area contributed by atoms with Gasteiger partial charge < -0.3 is 9.15 Å². The van der Waals surface area contributed by atoms with E-state index in [4.69, 9.17) is 9.15 Å². The van der Waals surface area contributed by atoms with Gasteiger partial charge in [-0.15, -0.1) is 0 Å². The second kappa shape index (κ2) is 7.60. The highest BCUT2D eigenvalue weighted by Gasteiger charge is 2.27. The van der Waals surface area contributed by atoms with Crippen molar-refractivity contribution in [3.05, 3.63) is 75.1 Å². The third-order valence-corrected chi connectivity index (χ3v) is 6.41. The SMILES string of the molecule is CCc1ccc2c(COC(=O)c3ccc4c(c3)CCN4S(C)(=O)=O)cc(=O)oc2c1. The van der Waals surface area contributed by atoms with Crippen LogP contribution in [-0.2, 0) is 34.2 Å². The smallest absolute Gasteiger partial charge is 0.338 e. The number of fused-ring (bicyclic) bond motifs is 2. The third-order valence-electron chi connectivity index (χ3n) is 5.23. The summed E-state index contributed by atoms with van der Waals surface area (Å²) in [5, 5.41) is 0.720. The number of benzene rings is 2. The van der Waals surface area contributed by atoms with Crippen molar-refractivity contribution in [1.29, 1.82) is 0 Å². The number of carbonyl (C=O) groups is 1. The fourth-order valence-corrected chi connectivity index (χ4v) is 4.64. The number of esters is 1. The summed E-state index contributed by atoms with van der Waals surface area (Å²) in [6, 6.07) is 11.8. The van der Waals surface area contributed by atoms with Crippen molar-refractivity contribution in [2.75, 3.05) is 17.1 Å². The monoisotopic (exact) mass is 427 g/mol. The van der Waals surface area contributed by atoms with E-state index in [1.165, 1.54) is 10.4 Å². The number of nitrogens with zero attached hydrogens (tertiary/aromatic N) is 1. The van der Waals surface area contributed by atoms with Crippen LogP contribution in [0.2, 0.25) is 0 Å². The first-order chi connectivity index (χ1) is 14.3. The molecule has 30 heavy (non-hydrogen) atoms. The van der Waals surface area contributed by atoms with Crippen LogP contribution in [0, 0.1) is 0 Å². The molecule has 1 aromatic heterocycles. The number of ether oxygens (including phenoxy) is 1. The molecule has 0 atom stereocenters. The summed E-state index contributed by atoms with van der Waals surface area (Å²) in [6.07, 6.45) is 2.51. The van der Waals surface area contributed by atoms with Crippen LogP contribution < -0.4 is 9.93 Å². The molecule has 0 spiro atoms. The predicted octanol–water partition coefficient (Wildman–Crippen LogP) is 3.03. The highest BCUT2D eigenvalue weighted by molar-refractivity contribution is 7.92. The summed E-state index contributed by atoms with van der Waals surface area (Å²) in [4.78, 5) is 24.5. The van der Waals surface area contributed by atoms with E-state index < -0.39 is 21.6 Å². The van der Waals surface area contributed by atoms with E-state index in [1.807, 2.05) is 25.1 Å². The highest BCUT2D eigenvalue weighted by atomic mass is 32.2. The molecule has 0 radical (unpaired) electrons. The maximum atomic E-state index is 12.6. The minimum atomic E-state index is -3.35. The molecule has 0 saturated heterocycles. The molecule has 0 bridgehead atoms. The van der Waals surface area contributed by atoms with Crippen molar-refractivity contribution in [3.63, 3.8) is 0 Å². The molecule has 0 fully saturated rings. The molecule has 3 aromatic rings. The predicted molar refractivity (Wildman–Crippen MR) is 113 cm³/mol. The van der Waals surface area contributed by atoms with E-state index in [1.54, 1.807) is 18.2 Å². The molecule has 4 rings (SSSR count).